The summed E-state index contributed by atoms with van der Waals surface area (Å²) in [6.45, 7) is 0. The van der Waals surface area contributed by atoms with Gasteiger partial charge in [-0.15, -0.1) is 0 Å². The van der Waals surface area contributed by atoms with Crippen LogP contribution < -0.4 is 15.3 Å². The summed E-state index contributed by atoms with van der Waals surface area (Å²) in [6.07, 6.45) is -0.547. The van der Waals surface area contributed by atoms with Gasteiger partial charge in [-0.05, 0) is 24.3 Å². The Kier molecular flexibility index (Phi) is 3.20. The SMILES string of the molecule is O=C([O-])CC1NC(=O)N(c2ccc(Cl)cc2)C1=O. The lowest BCUT2D eigenvalue weighted by atomic mass is 10.2. The predicted molar refractivity (Wildman–Crippen MR) is 60.9 cm³/mol. The number of rotatable bonds is 3. The van der Waals surface area contributed by atoms with Crippen LogP contribution in [-0.2, 0) is 9.59 Å². The van der Waals surface area contributed by atoms with Crippen LogP contribution in [0.15, 0.2) is 24.3 Å². The number of carboxylic acid groups (broad SMARTS) is 1. The number of urea groups is 1. The highest BCUT2D eigenvalue weighted by atomic mass is 35.5. The molecule has 1 aromatic carbocycles. The molecule has 2 rings (SSSR count). The molecule has 1 aliphatic rings. The van der Waals surface area contributed by atoms with Gasteiger partial charge in [0.05, 0.1) is 5.69 Å². The number of imide groups is 1. The fourth-order valence-electron chi connectivity index (χ4n) is 1.67. The highest BCUT2D eigenvalue weighted by Crippen LogP contribution is 2.22. The number of hydrogen-bond donors (Lipinski definition) is 1. The molecule has 1 unspecified atom stereocenters. The van der Waals surface area contributed by atoms with Crippen molar-refractivity contribution in [3.63, 3.8) is 0 Å². The van der Waals surface area contributed by atoms with Crippen molar-refractivity contribution < 1.29 is 19.5 Å². The van der Waals surface area contributed by atoms with Crippen molar-refractivity contribution in [2.75, 3.05) is 4.90 Å². The Bertz CT molecular complexity index is 514. The number of carbonyl (C=O) groups is 3. The number of carboxylic acids is 1. The van der Waals surface area contributed by atoms with Crippen molar-refractivity contribution in [3.8, 4) is 0 Å². The molecule has 6 nitrogen and oxygen atoms in total. The van der Waals surface area contributed by atoms with Crippen LogP contribution in [-0.4, -0.2) is 23.9 Å². The molecule has 1 N–H and O–H groups in total. The van der Waals surface area contributed by atoms with Crippen LogP contribution >= 0.6 is 11.6 Å². The molecule has 1 heterocycles. The Balaban J connectivity index is 2.24. The molecule has 0 radical (unpaired) electrons. The first kappa shape index (κ1) is 12.4. The van der Waals surface area contributed by atoms with E-state index in [1.807, 2.05) is 0 Å². The molecule has 7 heteroatoms. The van der Waals surface area contributed by atoms with Gasteiger partial charge in [-0.3, -0.25) is 4.79 Å². The van der Waals surface area contributed by atoms with Crippen LogP contribution in [0.1, 0.15) is 6.42 Å². The number of anilines is 1. The second-order valence-corrected chi connectivity index (χ2v) is 4.16. The zero-order chi connectivity index (χ0) is 13.3. The molecule has 1 aliphatic heterocycles. The van der Waals surface area contributed by atoms with E-state index in [-0.39, 0.29) is 0 Å². The Labute approximate surface area is 107 Å². The van der Waals surface area contributed by atoms with Gasteiger partial charge in [-0.2, -0.15) is 0 Å². The second-order valence-electron chi connectivity index (χ2n) is 3.73. The van der Waals surface area contributed by atoms with Gasteiger partial charge in [0.25, 0.3) is 5.91 Å². The zero-order valence-corrected chi connectivity index (χ0v) is 9.81. The molecule has 0 aliphatic carbocycles. The largest absolute Gasteiger partial charge is 0.550 e. The number of aliphatic carboxylic acids is 1. The highest BCUT2D eigenvalue weighted by molar-refractivity contribution is 6.30. The van der Waals surface area contributed by atoms with Crippen molar-refractivity contribution in [2.45, 2.75) is 12.5 Å². The lowest BCUT2D eigenvalue weighted by Gasteiger charge is -2.13. The Morgan fingerprint density at radius 2 is 1.94 bits per heavy atom. The Hall–Kier alpha value is -2.08. The molecule has 94 valence electrons. The number of amides is 3. The summed E-state index contributed by atoms with van der Waals surface area (Å²) in [4.78, 5) is 34.8. The molecule has 0 spiro atoms. The smallest absolute Gasteiger partial charge is 0.329 e. The topological polar surface area (TPSA) is 89.5 Å². The lowest BCUT2D eigenvalue weighted by molar-refractivity contribution is -0.306. The number of carbonyl (C=O) groups excluding carboxylic acids is 3. The summed E-state index contributed by atoms with van der Waals surface area (Å²) >= 11 is 5.70. The summed E-state index contributed by atoms with van der Waals surface area (Å²) in [7, 11) is 0. The molecule has 0 aromatic heterocycles. The van der Waals surface area contributed by atoms with Crippen LogP contribution in [0.5, 0.6) is 0 Å². The second kappa shape index (κ2) is 4.66. The van der Waals surface area contributed by atoms with E-state index in [4.69, 9.17) is 11.6 Å². The summed E-state index contributed by atoms with van der Waals surface area (Å²) in [6, 6.07) is 4.32. The van der Waals surface area contributed by atoms with Crippen LogP contribution in [0.4, 0.5) is 10.5 Å². The maximum atomic E-state index is 11.9. The van der Waals surface area contributed by atoms with Gasteiger partial charge in [-0.25, -0.2) is 9.69 Å². The van der Waals surface area contributed by atoms with E-state index >= 15 is 0 Å². The van der Waals surface area contributed by atoms with Gasteiger partial charge >= 0.3 is 6.03 Å². The summed E-state index contributed by atoms with van der Waals surface area (Å²) in [5, 5.41) is 13.2. The van der Waals surface area contributed by atoms with Gasteiger partial charge in [0.2, 0.25) is 0 Å². The third-order valence-electron chi connectivity index (χ3n) is 2.47. The van der Waals surface area contributed by atoms with E-state index < -0.39 is 30.4 Å². The van der Waals surface area contributed by atoms with Crippen molar-refractivity contribution >= 4 is 35.2 Å². The fourth-order valence-corrected chi connectivity index (χ4v) is 1.80. The maximum Gasteiger partial charge on any atom is 0.329 e. The van der Waals surface area contributed by atoms with Gasteiger partial charge in [0.15, 0.2) is 0 Å². The average molecular weight is 268 g/mol. The van der Waals surface area contributed by atoms with E-state index in [0.717, 1.165) is 4.90 Å². The lowest BCUT2D eigenvalue weighted by Crippen LogP contribution is -2.37. The number of halogens is 1. The van der Waals surface area contributed by atoms with Crippen molar-refractivity contribution in [1.29, 1.82) is 0 Å². The first-order valence-electron chi connectivity index (χ1n) is 5.09. The molecule has 18 heavy (non-hydrogen) atoms. The van der Waals surface area contributed by atoms with Crippen molar-refractivity contribution in [2.24, 2.45) is 0 Å². The minimum absolute atomic E-state index is 0.336. The molecule has 1 atom stereocenters. The van der Waals surface area contributed by atoms with Crippen molar-refractivity contribution in [3.05, 3.63) is 29.3 Å². The van der Waals surface area contributed by atoms with Gasteiger partial charge < -0.3 is 15.2 Å². The van der Waals surface area contributed by atoms with Crippen LogP contribution in [0.3, 0.4) is 0 Å². The molecule has 0 bridgehead atoms. The summed E-state index contributed by atoms with van der Waals surface area (Å²) < 4.78 is 0. The average Bonchev–Trinajstić information content (AvgIpc) is 2.55. The van der Waals surface area contributed by atoms with Crippen molar-refractivity contribution in [1.82, 2.24) is 5.32 Å². The zero-order valence-electron chi connectivity index (χ0n) is 9.05. The van der Waals surface area contributed by atoms with E-state index in [9.17, 15) is 19.5 Å². The third-order valence-corrected chi connectivity index (χ3v) is 2.73. The number of nitrogens with one attached hydrogen (secondary N) is 1. The minimum atomic E-state index is -1.40. The minimum Gasteiger partial charge on any atom is -0.550 e. The molecule has 3 amide bonds. The quantitative estimate of drug-likeness (QED) is 0.775. The van der Waals surface area contributed by atoms with E-state index in [2.05, 4.69) is 5.32 Å². The van der Waals surface area contributed by atoms with E-state index in [1.165, 1.54) is 24.3 Å². The summed E-state index contributed by atoms with van der Waals surface area (Å²) in [5.74, 6) is -2.02. The number of hydrogen-bond acceptors (Lipinski definition) is 4. The predicted octanol–water partition coefficient (Wildman–Crippen LogP) is -0.0952. The number of nitrogens with zero attached hydrogens (tertiary/aromatic N) is 1. The molecule has 1 aromatic rings. The molecule has 0 saturated carbocycles. The maximum absolute atomic E-state index is 11.9. The molecular weight excluding hydrogens is 260 g/mol. The fraction of sp³-hybridized carbons (Fsp3) is 0.182. The highest BCUT2D eigenvalue weighted by Gasteiger charge is 2.38. The van der Waals surface area contributed by atoms with Crippen LogP contribution in [0.25, 0.3) is 0 Å². The summed E-state index contributed by atoms with van der Waals surface area (Å²) in [5.41, 5.74) is 0.336. The first-order chi connectivity index (χ1) is 8.49. The Morgan fingerprint density at radius 1 is 1.33 bits per heavy atom. The Morgan fingerprint density at radius 3 is 2.50 bits per heavy atom. The van der Waals surface area contributed by atoms with Gasteiger partial charge in [0, 0.05) is 17.4 Å². The van der Waals surface area contributed by atoms with Crippen LogP contribution in [0.2, 0.25) is 5.02 Å². The van der Waals surface area contributed by atoms with E-state index in [0.29, 0.717) is 10.7 Å². The van der Waals surface area contributed by atoms with Gasteiger partial charge in [-0.1, -0.05) is 11.6 Å². The first-order valence-corrected chi connectivity index (χ1v) is 5.46. The standard InChI is InChI=1S/C11H9ClN2O4/c12-6-1-3-7(4-2-6)14-10(17)8(5-9(15)16)13-11(14)18/h1-4,8H,5H2,(H,13,18)(H,15,16)/p-1. The van der Waals surface area contributed by atoms with Crippen LogP contribution in [0, 0.1) is 0 Å². The molecule has 1 fully saturated rings. The normalized spacial score (nSPS) is 18.9. The van der Waals surface area contributed by atoms with Gasteiger partial charge in [0.1, 0.15) is 6.04 Å². The van der Waals surface area contributed by atoms with E-state index in [1.54, 1.807) is 0 Å². The number of benzene rings is 1. The molecular formula is C11H8ClN2O4-. The monoisotopic (exact) mass is 267 g/mol. The third kappa shape index (κ3) is 2.28. The molecule has 1 saturated heterocycles.